The molecule has 0 amide bonds. The molecular weight excluding hydrogens is 440 g/mol. The zero-order valence-corrected chi connectivity index (χ0v) is 24.1. The Labute approximate surface area is 225 Å². The summed E-state index contributed by atoms with van der Waals surface area (Å²) in [5.41, 5.74) is 0. The Balaban J connectivity index is 1.67. The van der Waals surface area contributed by atoms with E-state index in [1.807, 2.05) is 30.3 Å². The van der Waals surface area contributed by atoms with Crippen LogP contribution in [-0.2, 0) is 4.79 Å². The van der Waals surface area contributed by atoms with Crippen LogP contribution in [0.3, 0.4) is 0 Å². The average Bonchev–Trinajstić information content (AvgIpc) is 2.89. The van der Waals surface area contributed by atoms with Gasteiger partial charge in [0.25, 0.3) is 0 Å². The normalized spacial score (nSPS) is 11.1. The number of rotatable bonds is 27. The maximum absolute atomic E-state index is 11.8. The molecule has 0 spiro atoms. The number of unbranched alkanes of at least 4 members (excludes halogenated alkanes) is 24. The van der Waals surface area contributed by atoms with E-state index in [0.29, 0.717) is 12.2 Å². The van der Waals surface area contributed by atoms with Crippen LogP contribution < -0.4 is 4.74 Å². The van der Waals surface area contributed by atoms with Crippen LogP contribution in [-0.4, -0.2) is 5.97 Å². The third-order valence-corrected chi connectivity index (χ3v) is 7.46. The predicted molar refractivity (Wildman–Crippen MR) is 158 cm³/mol. The average molecular weight is 501 g/mol. The lowest BCUT2D eigenvalue weighted by Gasteiger charge is -2.05. The molecule has 0 bridgehead atoms. The van der Waals surface area contributed by atoms with Gasteiger partial charge in [0.2, 0.25) is 0 Å². The highest BCUT2D eigenvalue weighted by Crippen LogP contribution is 2.16. The van der Waals surface area contributed by atoms with Gasteiger partial charge in [-0.3, -0.25) is 4.79 Å². The summed E-state index contributed by atoms with van der Waals surface area (Å²) < 4.78 is 5.33. The van der Waals surface area contributed by atoms with Gasteiger partial charge in [-0.25, -0.2) is 0 Å². The molecule has 0 radical (unpaired) electrons. The van der Waals surface area contributed by atoms with Gasteiger partial charge in [-0.1, -0.05) is 179 Å². The Hall–Kier alpha value is -1.31. The lowest BCUT2D eigenvalue weighted by molar-refractivity contribution is -0.134. The minimum Gasteiger partial charge on any atom is -0.427 e. The summed E-state index contributed by atoms with van der Waals surface area (Å²) in [5.74, 6) is 0.553. The van der Waals surface area contributed by atoms with E-state index in [2.05, 4.69) is 6.92 Å². The molecule has 208 valence electrons. The Morgan fingerprint density at radius 2 is 0.778 bits per heavy atom. The molecule has 0 atom stereocenters. The first-order chi connectivity index (χ1) is 17.8. The summed E-state index contributed by atoms with van der Waals surface area (Å²) in [6.45, 7) is 2.30. The number of hydrogen-bond acceptors (Lipinski definition) is 2. The second-order valence-corrected chi connectivity index (χ2v) is 11.0. The number of ether oxygens (including phenoxy) is 1. The summed E-state index contributed by atoms with van der Waals surface area (Å²) in [4.78, 5) is 11.8. The smallest absolute Gasteiger partial charge is 0.311 e. The Bertz CT molecular complexity index is 568. The van der Waals surface area contributed by atoms with Gasteiger partial charge in [-0.2, -0.15) is 0 Å². The molecule has 0 aliphatic heterocycles. The first-order valence-corrected chi connectivity index (χ1v) is 16.1. The van der Waals surface area contributed by atoms with Crippen molar-refractivity contribution in [3.05, 3.63) is 30.3 Å². The number of benzene rings is 1. The fourth-order valence-electron chi connectivity index (χ4n) is 5.08. The fourth-order valence-corrected chi connectivity index (χ4v) is 5.08. The number of hydrogen-bond donors (Lipinski definition) is 0. The van der Waals surface area contributed by atoms with E-state index >= 15 is 0 Å². The van der Waals surface area contributed by atoms with Gasteiger partial charge in [0.1, 0.15) is 5.75 Å². The molecule has 0 saturated heterocycles. The lowest BCUT2D eigenvalue weighted by Crippen LogP contribution is -2.07. The maximum Gasteiger partial charge on any atom is 0.311 e. The summed E-state index contributed by atoms with van der Waals surface area (Å²) >= 11 is 0. The molecule has 0 aromatic heterocycles. The van der Waals surface area contributed by atoms with E-state index in [1.165, 1.54) is 148 Å². The Kier molecular flexibility index (Phi) is 24.3. The maximum atomic E-state index is 11.8. The number of para-hydroxylation sites is 1. The molecule has 0 unspecified atom stereocenters. The summed E-state index contributed by atoms with van der Waals surface area (Å²) in [6, 6.07) is 9.38. The van der Waals surface area contributed by atoms with E-state index in [1.54, 1.807) is 0 Å². The minimum absolute atomic E-state index is 0.102. The van der Waals surface area contributed by atoms with Crippen molar-refractivity contribution in [1.82, 2.24) is 0 Å². The van der Waals surface area contributed by atoms with Gasteiger partial charge in [0.05, 0.1) is 0 Å². The zero-order valence-electron chi connectivity index (χ0n) is 24.1. The number of esters is 1. The summed E-state index contributed by atoms with van der Waals surface area (Å²) in [5, 5.41) is 0. The standard InChI is InChI=1S/C34H60O2/c1-2-3-4-5-6-7-8-9-10-11-12-13-14-15-16-17-18-19-20-21-22-23-24-25-29-32-34(35)36-33-30-27-26-28-31-33/h26-28,30-31H,2-25,29,32H2,1H3. The van der Waals surface area contributed by atoms with Crippen LogP contribution in [0.25, 0.3) is 0 Å². The third kappa shape index (κ3) is 23.1. The molecule has 0 saturated carbocycles. The second-order valence-electron chi connectivity index (χ2n) is 11.0. The van der Waals surface area contributed by atoms with Crippen LogP contribution in [0.15, 0.2) is 30.3 Å². The first kappa shape index (κ1) is 32.7. The van der Waals surface area contributed by atoms with Crippen molar-refractivity contribution in [2.75, 3.05) is 0 Å². The van der Waals surface area contributed by atoms with Crippen molar-refractivity contribution in [1.29, 1.82) is 0 Å². The highest BCUT2D eigenvalue weighted by Gasteiger charge is 2.04. The predicted octanol–water partition coefficient (Wildman–Crippen LogP) is 11.8. The van der Waals surface area contributed by atoms with E-state index in [-0.39, 0.29) is 5.97 Å². The molecular formula is C34H60O2. The molecule has 2 heteroatoms. The van der Waals surface area contributed by atoms with Gasteiger partial charge in [-0.15, -0.1) is 0 Å². The lowest BCUT2D eigenvalue weighted by atomic mass is 10.0. The third-order valence-electron chi connectivity index (χ3n) is 7.46. The molecule has 1 aromatic carbocycles. The van der Waals surface area contributed by atoms with Gasteiger partial charge < -0.3 is 4.74 Å². The molecule has 0 heterocycles. The number of carbonyl (C=O) groups is 1. The Morgan fingerprint density at radius 1 is 0.472 bits per heavy atom. The van der Waals surface area contributed by atoms with Crippen molar-refractivity contribution in [3.8, 4) is 5.75 Å². The fraction of sp³-hybridized carbons (Fsp3) is 0.794. The van der Waals surface area contributed by atoms with Gasteiger partial charge >= 0.3 is 5.97 Å². The topological polar surface area (TPSA) is 26.3 Å². The van der Waals surface area contributed by atoms with Crippen molar-refractivity contribution in [2.45, 2.75) is 174 Å². The molecule has 0 aliphatic carbocycles. The van der Waals surface area contributed by atoms with Crippen LogP contribution >= 0.6 is 0 Å². The molecule has 0 fully saturated rings. The van der Waals surface area contributed by atoms with E-state index < -0.39 is 0 Å². The Morgan fingerprint density at radius 3 is 1.11 bits per heavy atom. The van der Waals surface area contributed by atoms with Crippen molar-refractivity contribution >= 4 is 5.97 Å². The summed E-state index contributed by atoms with van der Waals surface area (Å²) in [6.07, 6.45) is 35.5. The first-order valence-electron chi connectivity index (χ1n) is 16.1. The van der Waals surface area contributed by atoms with Crippen molar-refractivity contribution < 1.29 is 9.53 Å². The highest BCUT2D eigenvalue weighted by atomic mass is 16.5. The highest BCUT2D eigenvalue weighted by molar-refractivity contribution is 5.72. The second kappa shape index (κ2) is 26.7. The van der Waals surface area contributed by atoms with Crippen molar-refractivity contribution in [3.63, 3.8) is 0 Å². The van der Waals surface area contributed by atoms with Crippen LogP contribution in [0.1, 0.15) is 174 Å². The van der Waals surface area contributed by atoms with Crippen LogP contribution in [0.4, 0.5) is 0 Å². The molecule has 0 N–H and O–H groups in total. The summed E-state index contributed by atoms with van der Waals surface area (Å²) in [7, 11) is 0. The van der Waals surface area contributed by atoms with Crippen LogP contribution in [0.2, 0.25) is 0 Å². The largest absolute Gasteiger partial charge is 0.427 e. The zero-order chi connectivity index (χ0) is 25.8. The van der Waals surface area contributed by atoms with Crippen LogP contribution in [0, 0.1) is 0 Å². The SMILES string of the molecule is CCCCCCCCCCCCCCCCCCCCCCCCCCCC(=O)Oc1ccccc1. The monoisotopic (exact) mass is 500 g/mol. The molecule has 1 aromatic rings. The van der Waals surface area contributed by atoms with E-state index in [0.717, 1.165) is 12.8 Å². The van der Waals surface area contributed by atoms with E-state index in [4.69, 9.17) is 4.74 Å². The molecule has 0 aliphatic rings. The van der Waals surface area contributed by atoms with Crippen molar-refractivity contribution in [2.24, 2.45) is 0 Å². The van der Waals surface area contributed by atoms with Gasteiger partial charge in [0.15, 0.2) is 0 Å². The quantitative estimate of drug-likeness (QED) is 0.0682. The number of carbonyl (C=O) groups excluding carboxylic acids is 1. The van der Waals surface area contributed by atoms with Gasteiger partial charge in [0, 0.05) is 6.42 Å². The van der Waals surface area contributed by atoms with Crippen LogP contribution in [0.5, 0.6) is 5.75 Å². The van der Waals surface area contributed by atoms with Gasteiger partial charge in [-0.05, 0) is 18.6 Å². The minimum atomic E-state index is -0.102. The molecule has 36 heavy (non-hydrogen) atoms. The molecule has 2 nitrogen and oxygen atoms in total. The molecule has 1 rings (SSSR count). The van der Waals surface area contributed by atoms with E-state index in [9.17, 15) is 4.79 Å².